The van der Waals surface area contributed by atoms with Gasteiger partial charge in [-0.15, -0.1) is 0 Å². The fourth-order valence-electron chi connectivity index (χ4n) is 2.81. The molecule has 2 atom stereocenters. The molecule has 0 fully saturated rings. The van der Waals surface area contributed by atoms with Gasteiger partial charge in [-0.3, -0.25) is 19.2 Å². The van der Waals surface area contributed by atoms with Crippen LogP contribution in [0.2, 0.25) is 0 Å². The van der Waals surface area contributed by atoms with Gasteiger partial charge in [-0.1, -0.05) is 17.5 Å². The first-order chi connectivity index (χ1) is 17.9. The molecule has 0 aliphatic rings. The van der Waals surface area contributed by atoms with Gasteiger partial charge in [0.2, 0.25) is 5.91 Å². The summed E-state index contributed by atoms with van der Waals surface area (Å²) < 4.78 is 0. The molecule has 0 aliphatic carbocycles. The third kappa shape index (κ3) is 21.2. The van der Waals surface area contributed by atoms with Gasteiger partial charge in [-0.05, 0) is 49.4 Å². The van der Waals surface area contributed by atoms with E-state index >= 15 is 0 Å². The minimum absolute atomic E-state index is 0. The molecule has 13 nitrogen and oxygen atoms in total. The molecule has 0 aromatic heterocycles. The molecule has 39 heavy (non-hydrogen) atoms. The van der Waals surface area contributed by atoms with Crippen molar-refractivity contribution in [3.63, 3.8) is 0 Å². The second-order valence-corrected chi connectivity index (χ2v) is 8.91. The summed E-state index contributed by atoms with van der Waals surface area (Å²) in [5.41, 5.74) is 0.687. The molecule has 1 rings (SSSR count). The molecule has 0 heterocycles. The Hall–Kier alpha value is -1.31. The van der Waals surface area contributed by atoms with E-state index in [1.807, 2.05) is 12.5 Å². The van der Waals surface area contributed by atoms with Crippen LogP contribution in [0.3, 0.4) is 0 Å². The number of benzene rings is 1. The summed E-state index contributed by atoms with van der Waals surface area (Å²) in [6.07, 6.45) is 4.48. The Morgan fingerprint density at radius 3 is 2.18 bits per heavy atom. The van der Waals surface area contributed by atoms with Crippen molar-refractivity contribution in [2.75, 3.05) is 31.0 Å². The molecule has 7 N–H and O–H groups in total. The SMILES string of the molecule is CN(C(=O)CCCC(C(=O)O)C([S-])NC(=O)NCCCC(=O)O)c1cccc(B(O)O)c1.CSC.O=CO.[K+]. The first-order valence-electron chi connectivity index (χ1n) is 11.2. The first-order valence-corrected chi connectivity index (χ1v) is 13.3. The van der Waals surface area contributed by atoms with Crippen LogP contribution in [0.4, 0.5) is 10.5 Å². The van der Waals surface area contributed by atoms with E-state index in [2.05, 4.69) is 10.6 Å². The van der Waals surface area contributed by atoms with Gasteiger partial charge in [0.1, 0.15) is 0 Å². The number of aliphatic carboxylic acids is 2. The molecule has 0 bridgehead atoms. The largest absolute Gasteiger partial charge is 1.00 e. The number of hydrogen-bond donors (Lipinski definition) is 7. The van der Waals surface area contributed by atoms with Crippen LogP contribution in [-0.4, -0.2) is 94.3 Å². The number of nitrogens with one attached hydrogen (secondary N) is 2. The molecule has 3 amide bonds. The fourth-order valence-corrected chi connectivity index (χ4v) is 3.17. The van der Waals surface area contributed by atoms with Gasteiger partial charge in [0, 0.05) is 32.1 Å². The van der Waals surface area contributed by atoms with E-state index in [1.165, 1.54) is 24.1 Å². The maximum Gasteiger partial charge on any atom is 1.00 e. The maximum atomic E-state index is 12.4. The summed E-state index contributed by atoms with van der Waals surface area (Å²) in [6, 6.07) is 5.48. The van der Waals surface area contributed by atoms with Crippen molar-refractivity contribution in [2.45, 2.75) is 37.5 Å². The molecule has 0 aliphatic heterocycles. The van der Waals surface area contributed by atoms with Gasteiger partial charge in [0.05, 0.1) is 5.92 Å². The molecule has 2 unspecified atom stereocenters. The molecule has 17 heteroatoms. The van der Waals surface area contributed by atoms with Crippen LogP contribution < -0.4 is 72.4 Å². The van der Waals surface area contributed by atoms with Crippen LogP contribution in [0.1, 0.15) is 32.1 Å². The number of carboxylic acid groups (broad SMARTS) is 3. The number of carbonyl (C=O) groups excluding carboxylic acids is 2. The number of anilines is 1. The van der Waals surface area contributed by atoms with Crippen LogP contribution in [-0.2, 0) is 31.8 Å². The molecule has 1 aromatic rings. The Bertz CT molecular complexity index is 886. The number of rotatable bonds is 13. The summed E-state index contributed by atoms with van der Waals surface area (Å²) in [6.45, 7) is -0.146. The van der Waals surface area contributed by atoms with E-state index in [0.29, 0.717) is 5.69 Å². The molecular weight excluding hydrogens is 580 g/mol. The van der Waals surface area contributed by atoms with E-state index in [-0.39, 0.29) is 108 Å². The van der Waals surface area contributed by atoms with E-state index < -0.39 is 36.4 Å². The minimum atomic E-state index is -1.67. The zero-order chi connectivity index (χ0) is 29.7. The normalized spacial score (nSPS) is 10.9. The van der Waals surface area contributed by atoms with Gasteiger partial charge in [0.15, 0.2) is 0 Å². The van der Waals surface area contributed by atoms with Gasteiger partial charge in [-0.2, -0.15) is 11.8 Å². The van der Waals surface area contributed by atoms with Crippen molar-refractivity contribution in [1.82, 2.24) is 10.6 Å². The summed E-state index contributed by atoms with van der Waals surface area (Å²) in [4.78, 5) is 55.9. The van der Waals surface area contributed by atoms with Gasteiger partial charge < -0.3 is 53.5 Å². The molecule has 0 spiro atoms. The predicted molar refractivity (Wildman–Crippen MR) is 147 cm³/mol. The van der Waals surface area contributed by atoms with Crippen molar-refractivity contribution in [2.24, 2.45) is 5.92 Å². The summed E-state index contributed by atoms with van der Waals surface area (Å²) in [5.74, 6) is -3.59. The Morgan fingerprint density at radius 1 is 1.13 bits per heavy atom. The van der Waals surface area contributed by atoms with Crippen molar-refractivity contribution in [1.29, 1.82) is 0 Å². The molecule has 0 saturated heterocycles. The van der Waals surface area contributed by atoms with Crippen LogP contribution >= 0.6 is 11.8 Å². The van der Waals surface area contributed by atoms with E-state index in [4.69, 9.17) is 27.6 Å². The average Bonchev–Trinajstić information content (AvgIpc) is 2.84. The molecular formula is C22H35BKN3O10S2. The topological polar surface area (TPSA) is 214 Å². The standard InChI is InChI=1S/C19H28BN3O8S.C2H6S.CH2O2.K/c1-23(13-6-2-5-12(11-13)20(30)31)15(24)8-3-7-14(18(27)28)17(32)22-19(29)21-10-4-9-16(25)26;1-3-2;2-1-3;/h2,5-6,11,14,17,30-32H,3-4,7-10H2,1H3,(H,25,26)(H,27,28)(H2,21,22,29);1-2H3;1H,(H,2,3);/q;;;+1/p-1. The number of hydrogen-bond acceptors (Lipinski definition) is 9. The average molecular weight is 616 g/mol. The summed E-state index contributed by atoms with van der Waals surface area (Å²) >= 11 is 6.84. The number of carbonyl (C=O) groups is 5. The molecule has 0 saturated carbocycles. The number of urea groups is 1. The van der Waals surface area contributed by atoms with E-state index in [9.17, 15) is 34.3 Å². The van der Waals surface area contributed by atoms with Gasteiger partial charge in [0.25, 0.3) is 6.47 Å². The van der Waals surface area contributed by atoms with Crippen molar-refractivity contribution in [3.05, 3.63) is 24.3 Å². The molecule has 214 valence electrons. The van der Waals surface area contributed by atoms with Crippen molar-refractivity contribution in [3.8, 4) is 0 Å². The second kappa shape index (κ2) is 25.6. The minimum Gasteiger partial charge on any atom is -0.767 e. The Balaban J connectivity index is -0.00000169. The third-order valence-electron chi connectivity index (χ3n) is 4.64. The quantitative estimate of drug-likeness (QED) is 0.0510. The fraction of sp³-hybridized carbons (Fsp3) is 0.500. The second-order valence-electron chi connectivity index (χ2n) is 7.59. The van der Waals surface area contributed by atoms with Crippen LogP contribution in [0.5, 0.6) is 0 Å². The van der Waals surface area contributed by atoms with Crippen molar-refractivity contribution >= 4 is 73.0 Å². The monoisotopic (exact) mass is 615 g/mol. The van der Waals surface area contributed by atoms with E-state index in [0.717, 1.165) is 0 Å². The van der Waals surface area contributed by atoms with Gasteiger partial charge >= 0.3 is 76.5 Å². The Kier molecular flexibility index (Phi) is 27.7. The first kappa shape index (κ1) is 42.2. The van der Waals surface area contributed by atoms with Crippen LogP contribution in [0, 0.1) is 5.92 Å². The number of amides is 3. The maximum absolute atomic E-state index is 12.4. The zero-order valence-electron chi connectivity index (χ0n) is 22.4. The van der Waals surface area contributed by atoms with Crippen LogP contribution in [0.25, 0.3) is 0 Å². The zero-order valence-corrected chi connectivity index (χ0v) is 27.2. The predicted octanol–water partition coefficient (Wildman–Crippen LogP) is -3.08. The smallest absolute Gasteiger partial charge is 0.767 e. The summed E-state index contributed by atoms with van der Waals surface area (Å²) in [5, 5.41) is 47.0. The van der Waals surface area contributed by atoms with Gasteiger partial charge in [-0.25, -0.2) is 4.79 Å². The third-order valence-corrected chi connectivity index (χ3v) is 5.09. The number of thioether (sulfide) groups is 1. The molecule has 0 radical (unpaired) electrons. The van der Waals surface area contributed by atoms with Crippen LogP contribution in [0.15, 0.2) is 24.3 Å². The Morgan fingerprint density at radius 2 is 1.69 bits per heavy atom. The molecule has 1 aromatic carbocycles. The van der Waals surface area contributed by atoms with E-state index in [1.54, 1.807) is 23.9 Å². The Labute approximate surface area is 280 Å². The number of nitrogens with zero attached hydrogens (tertiary/aromatic N) is 1. The van der Waals surface area contributed by atoms with Crippen molar-refractivity contribution < 1.29 is 101 Å². The summed E-state index contributed by atoms with van der Waals surface area (Å²) in [7, 11) is -0.146. The number of carboxylic acids is 2.